The molecule has 5 rings (SSSR count). The summed E-state index contributed by atoms with van der Waals surface area (Å²) in [5.41, 5.74) is 12.3. The van der Waals surface area contributed by atoms with E-state index in [9.17, 15) is 9.59 Å². The van der Waals surface area contributed by atoms with Gasteiger partial charge in [0.05, 0.1) is 11.2 Å². The maximum Gasteiger partial charge on any atom is 0.338 e. The molecule has 0 aliphatic carbocycles. The highest BCUT2D eigenvalue weighted by atomic mass is 16.2. The first-order valence-corrected chi connectivity index (χ1v) is 8.54. The lowest BCUT2D eigenvalue weighted by Crippen LogP contribution is -2.15. The van der Waals surface area contributed by atoms with Crippen LogP contribution in [0.4, 0.5) is 16.3 Å². The molecule has 0 saturated heterocycles. The zero-order chi connectivity index (χ0) is 21.3. The predicted octanol–water partition coefficient (Wildman–Crippen LogP) is 1.09. The van der Waals surface area contributed by atoms with Gasteiger partial charge in [0, 0.05) is 37.2 Å². The number of anilines is 2. The van der Waals surface area contributed by atoms with Crippen molar-refractivity contribution in [3.05, 3.63) is 84.6 Å². The number of aromatic amines is 2. The van der Waals surface area contributed by atoms with Crippen molar-refractivity contribution in [3.63, 3.8) is 0 Å². The zero-order valence-corrected chi connectivity index (χ0v) is 15.6. The average Bonchev–Trinajstić information content (AvgIpc) is 3.51. The predicted molar refractivity (Wildman–Crippen MR) is 110 cm³/mol. The number of hydrogen-bond acceptors (Lipinski definition) is 8. The first kappa shape index (κ1) is 20.0. The number of hydrogen-bond donors (Lipinski definition) is 4. The highest BCUT2D eigenvalue weighted by molar-refractivity contribution is 5.78. The molecule has 5 aromatic rings. The van der Waals surface area contributed by atoms with Crippen molar-refractivity contribution >= 4 is 28.7 Å². The second-order valence-electron chi connectivity index (χ2n) is 5.68. The molecule has 0 amide bonds. The molecule has 0 unspecified atom stereocenters. The van der Waals surface area contributed by atoms with Crippen LogP contribution in [0.25, 0.3) is 11.2 Å². The van der Waals surface area contributed by atoms with Crippen molar-refractivity contribution in [2.24, 2.45) is 0 Å². The van der Waals surface area contributed by atoms with Gasteiger partial charge in [-0.05, 0) is 24.3 Å². The van der Waals surface area contributed by atoms with E-state index in [0.717, 1.165) is 5.52 Å². The van der Waals surface area contributed by atoms with Crippen LogP contribution >= 0.6 is 0 Å². The van der Waals surface area contributed by atoms with E-state index in [-0.39, 0.29) is 11.7 Å². The molecule has 6 N–H and O–H groups in total. The Bertz CT molecular complexity index is 1160. The molecule has 152 valence electrons. The lowest BCUT2D eigenvalue weighted by atomic mass is 10.4. The number of rotatable bonds is 0. The standard InChI is InChI=1S/C7H6N4O.C6H5N3O.C5H7N3/c12-7(10-3-1-8-5-10)11-4-2-9-6-11;10-6-8-4-2-1-3-7-5(4)9-6;6-4-2-1-3-8-5(4)7/h1-6H;1-3H,(H2,7,8,9,10);1-3H,6H2,(H2,7,8). The number of pyridine rings is 2. The van der Waals surface area contributed by atoms with Crippen LogP contribution in [0, 0.1) is 0 Å². The van der Waals surface area contributed by atoms with E-state index in [1.54, 1.807) is 61.4 Å². The van der Waals surface area contributed by atoms with Gasteiger partial charge >= 0.3 is 11.7 Å². The minimum absolute atomic E-state index is 0.190. The van der Waals surface area contributed by atoms with E-state index in [1.165, 1.54) is 21.8 Å². The molecule has 0 spiro atoms. The Balaban J connectivity index is 0.000000131. The molecule has 30 heavy (non-hydrogen) atoms. The van der Waals surface area contributed by atoms with Crippen LogP contribution in [0.2, 0.25) is 0 Å². The van der Waals surface area contributed by atoms with E-state index in [2.05, 4.69) is 29.9 Å². The van der Waals surface area contributed by atoms with Crippen molar-refractivity contribution < 1.29 is 4.79 Å². The largest absolute Gasteiger partial charge is 0.396 e. The summed E-state index contributed by atoms with van der Waals surface area (Å²) >= 11 is 0. The van der Waals surface area contributed by atoms with Crippen molar-refractivity contribution in [1.82, 2.24) is 39.0 Å². The number of nitrogens with one attached hydrogen (secondary N) is 2. The molecule has 0 fully saturated rings. The van der Waals surface area contributed by atoms with E-state index in [4.69, 9.17) is 11.5 Å². The van der Waals surface area contributed by atoms with Gasteiger partial charge in [-0.2, -0.15) is 0 Å². The maximum absolute atomic E-state index is 11.4. The number of imidazole rings is 3. The van der Waals surface area contributed by atoms with Crippen molar-refractivity contribution in [2.45, 2.75) is 0 Å². The third kappa shape index (κ3) is 5.16. The van der Waals surface area contributed by atoms with Gasteiger partial charge in [-0.3, -0.25) is 14.1 Å². The van der Waals surface area contributed by atoms with E-state index < -0.39 is 0 Å². The third-order valence-corrected chi connectivity index (χ3v) is 3.61. The molecule has 0 aliphatic rings. The van der Waals surface area contributed by atoms with Gasteiger partial charge in [0.25, 0.3) is 0 Å². The van der Waals surface area contributed by atoms with E-state index >= 15 is 0 Å². The zero-order valence-electron chi connectivity index (χ0n) is 15.6. The van der Waals surface area contributed by atoms with Gasteiger partial charge < -0.3 is 16.5 Å². The number of H-pyrrole nitrogens is 2. The summed E-state index contributed by atoms with van der Waals surface area (Å²) in [7, 11) is 0. The topological polar surface area (TPSA) is 179 Å². The summed E-state index contributed by atoms with van der Waals surface area (Å²) in [6, 6.07) is 6.82. The fraction of sp³-hybridized carbons (Fsp3) is 0. The molecule has 0 atom stereocenters. The Morgan fingerprint density at radius 2 is 1.50 bits per heavy atom. The van der Waals surface area contributed by atoms with Crippen molar-refractivity contribution in [1.29, 1.82) is 0 Å². The Morgan fingerprint density at radius 1 is 0.867 bits per heavy atom. The monoisotopic (exact) mass is 406 g/mol. The van der Waals surface area contributed by atoms with Crippen LogP contribution in [0.5, 0.6) is 0 Å². The maximum atomic E-state index is 11.4. The Morgan fingerprint density at radius 3 is 2.00 bits per heavy atom. The third-order valence-electron chi connectivity index (χ3n) is 3.61. The smallest absolute Gasteiger partial charge is 0.338 e. The molecule has 5 aromatic heterocycles. The van der Waals surface area contributed by atoms with Crippen LogP contribution in [-0.2, 0) is 0 Å². The Hall–Kier alpha value is -4.74. The number of fused-ring (bicyclic) bond motifs is 1. The minimum Gasteiger partial charge on any atom is -0.396 e. The van der Waals surface area contributed by atoms with Crippen LogP contribution in [0.15, 0.2) is 78.9 Å². The first-order valence-electron chi connectivity index (χ1n) is 8.54. The van der Waals surface area contributed by atoms with Crippen LogP contribution in [0.1, 0.15) is 0 Å². The van der Waals surface area contributed by atoms with Gasteiger partial charge in [0.1, 0.15) is 18.5 Å². The quantitative estimate of drug-likeness (QED) is 0.295. The highest BCUT2D eigenvalue weighted by Gasteiger charge is 2.03. The number of nitrogens with two attached hydrogens (primary N) is 2. The Labute approximate surface area is 169 Å². The summed E-state index contributed by atoms with van der Waals surface area (Å²) in [5.74, 6) is 0.396. The second kappa shape index (κ2) is 9.45. The van der Waals surface area contributed by atoms with Gasteiger partial charge in [0.15, 0.2) is 5.65 Å². The lowest BCUT2D eigenvalue weighted by Gasteiger charge is -1.98. The van der Waals surface area contributed by atoms with E-state index in [1.807, 2.05) is 0 Å². The second-order valence-corrected chi connectivity index (χ2v) is 5.68. The van der Waals surface area contributed by atoms with Gasteiger partial charge in [-0.1, -0.05) is 0 Å². The van der Waals surface area contributed by atoms with Gasteiger partial charge in [0.2, 0.25) is 0 Å². The van der Waals surface area contributed by atoms with Crippen molar-refractivity contribution in [2.75, 3.05) is 11.5 Å². The molecule has 0 radical (unpaired) electrons. The van der Waals surface area contributed by atoms with Gasteiger partial charge in [-0.25, -0.2) is 29.5 Å². The van der Waals surface area contributed by atoms with Crippen LogP contribution < -0.4 is 17.2 Å². The number of aromatic nitrogens is 8. The number of nitrogens with zero attached hydrogens (tertiary/aromatic N) is 6. The molecule has 0 saturated carbocycles. The van der Waals surface area contributed by atoms with Gasteiger partial charge in [-0.15, -0.1) is 0 Å². The normalized spacial score (nSPS) is 9.87. The molecular formula is C18H18N10O2. The SMILES string of the molecule is Nc1cccnc1N.O=C(n1ccnc1)n1ccnc1.O=c1[nH]c2cccnc2[nH]1. The van der Waals surface area contributed by atoms with Crippen molar-refractivity contribution in [3.8, 4) is 0 Å². The number of carbonyl (C=O) groups excluding carboxylic acids is 1. The van der Waals surface area contributed by atoms with Crippen LogP contribution in [-0.4, -0.2) is 45.1 Å². The summed E-state index contributed by atoms with van der Waals surface area (Å²) in [6.45, 7) is 0. The summed E-state index contributed by atoms with van der Waals surface area (Å²) in [5, 5.41) is 0. The average molecular weight is 406 g/mol. The number of carbonyl (C=O) groups is 1. The molecule has 0 aromatic carbocycles. The number of nitrogen functional groups attached to an aromatic ring is 2. The highest BCUT2D eigenvalue weighted by Crippen LogP contribution is 2.06. The van der Waals surface area contributed by atoms with Crippen LogP contribution in [0.3, 0.4) is 0 Å². The fourth-order valence-corrected chi connectivity index (χ4v) is 2.17. The molecule has 5 heterocycles. The summed E-state index contributed by atoms with van der Waals surface area (Å²) in [4.78, 5) is 42.3. The van der Waals surface area contributed by atoms with E-state index in [0.29, 0.717) is 17.2 Å². The molecule has 12 heteroatoms. The lowest BCUT2D eigenvalue weighted by molar-refractivity contribution is 0.244. The minimum atomic E-state index is -0.214. The molecule has 12 nitrogen and oxygen atoms in total. The first-order chi connectivity index (χ1) is 14.5. The fourth-order valence-electron chi connectivity index (χ4n) is 2.17. The molecule has 0 aliphatic heterocycles. The summed E-state index contributed by atoms with van der Waals surface area (Å²) < 4.78 is 2.75. The summed E-state index contributed by atoms with van der Waals surface area (Å²) in [6.07, 6.45) is 12.4. The molecular weight excluding hydrogens is 388 g/mol. The Kier molecular flexibility index (Phi) is 6.30. The molecule has 0 bridgehead atoms.